The number of rotatable bonds is 6. The minimum Gasteiger partial charge on any atom is -0.376 e. The van der Waals surface area contributed by atoms with E-state index < -0.39 is 11.7 Å². The smallest absolute Gasteiger partial charge is 0.376 e. The van der Waals surface area contributed by atoms with Crippen LogP contribution in [0.4, 0.5) is 18.9 Å². The Morgan fingerprint density at radius 3 is 2.47 bits per heavy atom. The van der Waals surface area contributed by atoms with E-state index in [0.29, 0.717) is 16.9 Å². The summed E-state index contributed by atoms with van der Waals surface area (Å²) in [6.07, 6.45) is -2.93. The van der Waals surface area contributed by atoms with Crippen LogP contribution in [0.5, 0.6) is 0 Å². The Labute approximate surface area is 185 Å². The molecule has 0 unspecified atom stereocenters. The SMILES string of the molecule is Cc1ccc(NCC(=O)N/N=C\c2cc(C)n(-c3cccc(C(F)(F)F)c3)c2C)cc1C. The predicted molar refractivity (Wildman–Crippen MR) is 120 cm³/mol. The fourth-order valence-corrected chi connectivity index (χ4v) is 3.38. The van der Waals surface area contributed by atoms with Gasteiger partial charge in [0.1, 0.15) is 0 Å². The number of aryl methyl sites for hydroxylation is 3. The number of hydrogen-bond donors (Lipinski definition) is 2. The monoisotopic (exact) mass is 442 g/mol. The number of alkyl halides is 3. The fraction of sp³-hybridized carbons (Fsp3) is 0.250. The maximum Gasteiger partial charge on any atom is 0.416 e. The number of amides is 1. The topological polar surface area (TPSA) is 58.4 Å². The molecule has 1 amide bonds. The molecule has 0 atom stereocenters. The molecule has 8 heteroatoms. The van der Waals surface area contributed by atoms with E-state index >= 15 is 0 Å². The lowest BCUT2D eigenvalue weighted by molar-refractivity contribution is -0.137. The Morgan fingerprint density at radius 1 is 1.03 bits per heavy atom. The first kappa shape index (κ1) is 23.1. The molecule has 0 spiro atoms. The van der Waals surface area contributed by atoms with Crippen molar-refractivity contribution in [1.82, 2.24) is 9.99 Å². The molecule has 3 rings (SSSR count). The third-order valence-electron chi connectivity index (χ3n) is 5.25. The highest BCUT2D eigenvalue weighted by Crippen LogP contribution is 2.31. The van der Waals surface area contributed by atoms with Crippen molar-refractivity contribution in [2.75, 3.05) is 11.9 Å². The average molecular weight is 442 g/mol. The van der Waals surface area contributed by atoms with E-state index in [4.69, 9.17) is 0 Å². The van der Waals surface area contributed by atoms with Crippen LogP contribution in [0.15, 0.2) is 53.6 Å². The molecule has 3 aromatic rings. The largest absolute Gasteiger partial charge is 0.416 e. The van der Waals surface area contributed by atoms with E-state index in [1.807, 2.05) is 32.0 Å². The first-order valence-electron chi connectivity index (χ1n) is 10.1. The van der Waals surface area contributed by atoms with Gasteiger partial charge in [0.25, 0.3) is 5.91 Å². The third-order valence-corrected chi connectivity index (χ3v) is 5.25. The quantitative estimate of drug-likeness (QED) is 0.403. The maximum absolute atomic E-state index is 13.1. The summed E-state index contributed by atoms with van der Waals surface area (Å²) in [5.41, 5.74) is 7.48. The Bertz CT molecular complexity index is 1160. The van der Waals surface area contributed by atoms with Crippen molar-refractivity contribution in [3.8, 4) is 5.69 Å². The summed E-state index contributed by atoms with van der Waals surface area (Å²) < 4.78 is 40.9. The number of halogens is 3. The molecular formula is C24H25F3N4O. The van der Waals surface area contributed by atoms with Gasteiger partial charge in [0.2, 0.25) is 0 Å². The van der Waals surface area contributed by atoms with Gasteiger partial charge in [0.15, 0.2) is 0 Å². The second-order valence-electron chi connectivity index (χ2n) is 7.66. The third kappa shape index (κ3) is 5.38. The summed E-state index contributed by atoms with van der Waals surface area (Å²) in [5, 5.41) is 7.04. The number of benzene rings is 2. The van der Waals surface area contributed by atoms with Gasteiger partial charge in [0, 0.05) is 28.3 Å². The van der Waals surface area contributed by atoms with Crippen LogP contribution in [0.1, 0.15) is 33.6 Å². The molecule has 0 bridgehead atoms. The van der Waals surface area contributed by atoms with Gasteiger partial charge in [-0.05, 0) is 75.2 Å². The summed E-state index contributed by atoms with van der Waals surface area (Å²) >= 11 is 0. The van der Waals surface area contributed by atoms with E-state index in [1.165, 1.54) is 17.8 Å². The summed E-state index contributed by atoms with van der Waals surface area (Å²) in [4.78, 5) is 12.1. The Morgan fingerprint density at radius 2 is 1.78 bits per heavy atom. The van der Waals surface area contributed by atoms with Gasteiger partial charge < -0.3 is 9.88 Å². The molecule has 0 radical (unpaired) electrons. The van der Waals surface area contributed by atoms with Crippen molar-refractivity contribution in [3.05, 3.63) is 82.2 Å². The Hall–Kier alpha value is -3.55. The zero-order valence-corrected chi connectivity index (χ0v) is 18.3. The van der Waals surface area contributed by atoms with Gasteiger partial charge in [-0.25, -0.2) is 5.43 Å². The molecule has 1 heterocycles. The molecule has 32 heavy (non-hydrogen) atoms. The van der Waals surface area contributed by atoms with Crippen LogP contribution in [0.2, 0.25) is 0 Å². The van der Waals surface area contributed by atoms with Gasteiger partial charge in [-0.1, -0.05) is 12.1 Å². The number of carbonyl (C=O) groups excluding carboxylic acids is 1. The lowest BCUT2D eigenvalue weighted by Gasteiger charge is -2.13. The highest BCUT2D eigenvalue weighted by Gasteiger charge is 2.30. The molecule has 168 valence electrons. The van der Waals surface area contributed by atoms with Crippen LogP contribution in [-0.2, 0) is 11.0 Å². The van der Waals surface area contributed by atoms with Gasteiger partial charge >= 0.3 is 6.18 Å². The highest BCUT2D eigenvalue weighted by molar-refractivity contribution is 5.85. The van der Waals surface area contributed by atoms with Crippen LogP contribution in [0.25, 0.3) is 5.69 Å². The minimum atomic E-state index is -4.41. The van der Waals surface area contributed by atoms with Gasteiger partial charge in [-0.3, -0.25) is 4.79 Å². The van der Waals surface area contributed by atoms with Gasteiger partial charge in [-0.15, -0.1) is 0 Å². The van der Waals surface area contributed by atoms with Crippen molar-refractivity contribution in [2.24, 2.45) is 5.10 Å². The average Bonchev–Trinajstić information content (AvgIpc) is 3.01. The normalized spacial score (nSPS) is 11.7. The summed E-state index contributed by atoms with van der Waals surface area (Å²) in [6, 6.07) is 12.8. The molecule has 0 aliphatic heterocycles. The second-order valence-corrected chi connectivity index (χ2v) is 7.66. The van der Waals surface area contributed by atoms with E-state index in [0.717, 1.165) is 29.1 Å². The van der Waals surface area contributed by atoms with Crippen molar-refractivity contribution >= 4 is 17.8 Å². The molecule has 0 saturated heterocycles. The minimum absolute atomic E-state index is 0.0586. The molecular weight excluding hydrogens is 417 g/mol. The predicted octanol–water partition coefficient (Wildman–Crippen LogP) is 5.29. The van der Waals surface area contributed by atoms with Crippen LogP contribution < -0.4 is 10.7 Å². The zero-order valence-electron chi connectivity index (χ0n) is 18.3. The van der Waals surface area contributed by atoms with E-state index in [2.05, 4.69) is 15.8 Å². The molecule has 0 saturated carbocycles. The molecule has 0 fully saturated rings. The standard InChI is InChI=1S/C24H25F3N4O/c1-15-8-9-21(10-16(15)2)28-14-23(32)30-29-13-19-11-17(3)31(18(19)4)22-7-5-6-20(12-22)24(25,26)27/h5-13,28H,14H2,1-4H3,(H,30,32)/b29-13-. The fourth-order valence-electron chi connectivity index (χ4n) is 3.38. The van der Waals surface area contributed by atoms with Crippen LogP contribution in [-0.4, -0.2) is 23.2 Å². The Kier molecular flexibility index (Phi) is 6.72. The van der Waals surface area contributed by atoms with Crippen molar-refractivity contribution in [1.29, 1.82) is 0 Å². The number of carbonyl (C=O) groups is 1. The first-order chi connectivity index (χ1) is 15.1. The highest BCUT2D eigenvalue weighted by atomic mass is 19.4. The maximum atomic E-state index is 13.1. The van der Waals surface area contributed by atoms with Gasteiger partial charge in [-0.2, -0.15) is 18.3 Å². The zero-order chi connectivity index (χ0) is 23.5. The summed E-state index contributed by atoms with van der Waals surface area (Å²) in [5.74, 6) is -0.314. The lowest BCUT2D eigenvalue weighted by atomic mass is 10.1. The molecule has 2 N–H and O–H groups in total. The number of anilines is 1. The second kappa shape index (κ2) is 9.30. The lowest BCUT2D eigenvalue weighted by Crippen LogP contribution is -2.25. The van der Waals surface area contributed by atoms with Crippen LogP contribution in [0.3, 0.4) is 0 Å². The van der Waals surface area contributed by atoms with Crippen molar-refractivity contribution in [3.63, 3.8) is 0 Å². The van der Waals surface area contributed by atoms with E-state index in [-0.39, 0.29) is 12.5 Å². The van der Waals surface area contributed by atoms with E-state index in [9.17, 15) is 18.0 Å². The molecule has 0 aliphatic rings. The number of nitrogens with one attached hydrogen (secondary N) is 2. The number of aromatic nitrogens is 1. The molecule has 2 aromatic carbocycles. The number of hydrazone groups is 1. The van der Waals surface area contributed by atoms with Crippen LogP contribution >= 0.6 is 0 Å². The first-order valence-corrected chi connectivity index (χ1v) is 10.1. The number of hydrogen-bond acceptors (Lipinski definition) is 3. The molecule has 0 aliphatic carbocycles. The Balaban J connectivity index is 1.67. The molecule has 1 aromatic heterocycles. The summed E-state index contributed by atoms with van der Waals surface area (Å²) in [6.45, 7) is 7.67. The molecule has 5 nitrogen and oxygen atoms in total. The van der Waals surface area contributed by atoms with E-state index in [1.54, 1.807) is 30.5 Å². The van der Waals surface area contributed by atoms with Crippen molar-refractivity contribution < 1.29 is 18.0 Å². The van der Waals surface area contributed by atoms with Crippen molar-refractivity contribution in [2.45, 2.75) is 33.9 Å². The van der Waals surface area contributed by atoms with Crippen LogP contribution in [0, 0.1) is 27.7 Å². The number of nitrogens with zero attached hydrogens (tertiary/aromatic N) is 2. The van der Waals surface area contributed by atoms with Gasteiger partial charge in [0.05, 0.1) is 18.3 Å². The summed E-state index contributed by atoms with van der Waals surface area (Å²) in [7, 11) is 0.